The number of nitrogens with one attached hydrogen (secondary N) is 2. The van der Waals surface area contributed by atoms with Crippen molar-refractivity contribution in [3.63, 3.8) is 0 Å². The summed E-state index contributed by atoms with van der Waals surface area (Å²) in [7, 11) is -2.29. The van der Waals surface area contributed by atoms with Gasteiger partial charge in [0.1, 0.15) is 13.1 Å². The van der Waals surface area contributed by atoms with Gasteiger partial charge >= 0.3 is 0 Å². The van der Waals surface area contributed by atoms with Crippen molar-refractivity contribution in [1.29, 1.82) is 0 Å². The number of fused-ring (bicyclic) bond motifs is 1. The Bertz CT molecular complexity index is 1250. The first-order valence-electron chi connectivity index (χ1n) is 11.1. The molecule has 0 spiro atoms. The van der Waals surface area contributed by atoms with Gasteiger partial charge in [0.05, 0.1) is 12.0 Å². The maximum atomic E-state index is 13.3. The Kier molecular flexibility index (Phi) is 6.48. The molecule has 0 aliphatic carbocycles. The lowest BCUT2D eigenvalue weighted by Crippen LogP contribution is -2.57. The predicted octanol–water partition coefficient (Wildman–Crippen LogP) is 3.40. The summed E-state index contributed by atoms with van der Waals surface area (Å²) < 4.78 is 34.4. The van der Waals surface area contributed by atoms with Crippen LogP contribution in [0.2, 0.25) is 0 Å². The van der Waals surface area contributed by atoms with Crippen LogP contribution in [0.25, 0.3) is 10.8 Å². The highest BCUT2D eigenvalue weighted by molar-refractivity contribution is 7.89. The highest BCUT2D eigenvalue weighted by Gasteiger charge is 2.36. The molecule has 33 heavy (non-hydrogen) atoms. The molecule has 3 N–H and O–H groups in total. The highest BCUT2D eigenvalue weighted by atomic mass is 32.2. The van der Waals surface area contributed by atoms with E-state index in [2.05, 4.69) is 28.2 Å². The van der Waals surface area contributed by atoms with E-state index in [1.165, 1.54) is 19.2 Å². The minimum Gasteiger partial charge on any atom is -0.491 e. The molecular weight excluding hydrogens is 438 g/mol. The molecular formula is C25H32N3O4S+. The Morgan fingerprint density at radius 3 is 2.48 bits per heavy atom. The summed E-state index contributed by atoms with van der Waals surface area (Å²) in [5.41, 5.74) is 1.10. The van der Waals surface area contributed by atoms with Crippen molar-refractivity contribution in [1.82, 2.24) is 14.7 Å². The number of hydroxylamine groups is 2. The second-order valence-corrected chi connectivity index (χ2v) is 11.0. The van der Waals surface area contributed by atoms with Crippen LogP contribution in [0.15, 0.2) is 65.6 Å². The van der Waals surface area contributed by atoms with E-state index in [0.29, 0.717) is 37.6 Å². The molecule has 0 unspecified atom stereocenters. The minimum absolute atomic E-state index is 0.108. The van der Waals surface area contributed by atoms with Crippen LogP contribution in [-0.4, -0.2) is 53.5 Å². The van der Waals surface area contributed by atoms with E-state index in [1.54, 1.807) is 6.07 Å². The molecule has 3 aromatic rings. The number of rotatable bonds is 7. The second-order valence-electron chi connectivity index (χ2n) is 9.19. The Labute approximate surface area is 195 Å². The van der Waals surface area contributed by atoms with Gasteiger partial charge in [0.2, 0.25) is 15.7 Å². The predicted molar refractivity (Wildman–Crippen MR) is 131 cm³/mol. The van der Waals surface area contributed by atoms with Crippen LogP contribution in [-0.2, 0) is 15.4 Å². The van der Waals surface area contributed by atoms with E-state index in [0.717, 1.165) is 16.3 Å². The Hall–Kier alpha value is -2.49. The van der Waals surface area contributed by atoms with Gasteiger partial charge in [0, 0.05) is 31.1 Å². The molecule has 7 nitrogen and oxygen atoms in total. The first-order chi connectivity index (χ1) is 15.7. The van der Waals surface area contributed by atoms with Crippen LogP contribution in [0.5, 0.6) is 5.75 Å². The van der Waals surface area contributed by atoms with Gasteiger partial charge in [-0.05, 0) is 28.5 Å². The fraction of sp³-hybridized carbons (Fsp3) is 0.360. The largest absolute Gasteiger partial charge is 0.491 e. The lowest BCUT2D eigenvalue weighted by Gasteiger charge is -2.34. The highest BCUT2D eigenvalue weighted by Crippen LogP contribution is 2.35. The zero-order valence-electron chi connectivity index (χ0n) is 19.3. The lowest BCUT2D eigenvalue weighted by atomic mass is 9.82. The van der Waals surface area contributed by atoms with E-state index in [1.807, 2.05) is 38.1 Å². The van der Waals surface area contributed by atoms with Gasteiger partial charge in [-0.3, -0.25) is 0 Å². The number of ether oxygens (including phenoxy) is 1. The zero-order chi connectivity index (χ0) is 23.7. The van der Waals surface area contributed by atoms with E-state index in [4.69, 9.17) is 4.74 Å². The molecule has 3 aromatic carbocycles. The summed E-state index contributed by atoms with van der Waals surface area (Å²) in [5, 5.41) is 16.6. The van der Waals surface area contributed by atoms with Gasteiger partial charge in [-0.15, -0.1) is 4.65 Å². The fourth-order valence-corrected chi connectivity index (χ4v) is 5.67. The maximum Gasteiger partial charge on any atom is 0.240 e. The molecule has 176 valence electrons. The molecule has 0 radical (unpaired) electrons. The monoisotopic (exact) mass is 470 g/mol. The number of methoxy groups -OCH3 is 1. The average molecular weight is 471 g/mol. The first kappa shape index (κ1) is 23.7. The van der Waals surface area contributed by atoms with E-state index in [9.17, 15) is 13.6 Å². The average Bonchev–Trinajstić information content (AvgIpc) is 2.82. The smallest absolute Gasteiger partial charge is 0.240 e. The molecule has 0 amide bonds. The van der Waals surface area contributed by atoms with Crippen molar-refractivity contribution in [3.8, 4) is 5.75 Å². The van der Waals surface area contributed by atoms with Crippen LogP contribution in [0.1, 0.15) is 19.4 Å². The van der Waals surface area contributed by atoms with Crippen molar-refractivity contribution >= 4 is 26.5 Å². The number of sulfonamides is 1. The SMILES string of the molecule is COc1ccc(S(=O)(=O)NCC(C)(C)c2cccc3ccccc23)cc1[N+]1(O)CCNCC1. The quantitative estimate of drug-likeness (QED) is 0.461. The van der Waals surface area contributed by atoms with Crippen molar-refractivity contribution < 1.29 is 18.4 Å². The van der Waals surface area contributed by atoms with Crippen LogP contribution >= 0.6 is 0 Å². The summed E-state index contributed by atoms with van der Waals surface area (Å²) in [6.45, 7) is 6.43. The van der Waals surface area contributed by atoms with Gasteiger partial charge in [0.15, 0.2) is 5.75 Å². The Morgan fingerprint density at radius 1 is 1.06 bits per heavy atom. The topological polar surface area (TPSA) is 87.7 Å². The molecule has 1 saturated heterocycles. The zero-order valence-corrected chi connectivity index (χ0v) is 20.2. The van der Waals surface area contributed by atoms with Gasteiger partial charge in [-0.2, -0.15) is 0 Å². The lowest BCUT2D eigenvalue weighted by molar-refractivity contribution is -0.0884. The van der Waals surface area contributed by atoms with Gasteiger partial charge in [-0.25, -0.2) is 18.3 Å². The van der Waals surface area contributed by atoms with Crippen LogP contribution in [0.3, 0.4) is 0 Å². The van der Waals surface area contributed by atoms with Crippen LogP contribution in [0.4, 0.5) is 5.69 Å². The fourth-order valence-electron chi connectivity index (χ4n) is 4.44. The summed E-state index contributed by atoms with van der Waals surface area (Å²) in [6, 6.07) is 18.9. The molecule has 1 aliphatic heterocycles. The van der Waals surface area contributed by atoms with E-state index in [-0.39, 0.29) is 16.1 Å². The summed E-state index contributed by atoms with van der Waals surface area (Å²) in [6.07, 6.45) is 0. The summed E-state index contributed by atoms with van der Waals surface area (Å²) >= 11 is 0. The van der Waals surface area contributed by atoms with Crippen molar-refractivity contribution in [3.05, 3.63) is 66.2 Å². The third-order valence-electron chi connectivity index (χ3n) is 6.45. The van der Waals surface area contributed by atoms with Crippen LogP contribution in [0, 0.1) is 0 Å². The number of quaternary nitrogens is 1. The molecule has 1 fully saturated rings. The number of nitrogens with zero attached hydrogens (tertiary/aromatic N) is 1. The molecule has 4 rings (SSSR count). The molecule has 0 aromatic heterocycles. The van der Waals surface area contributed by atoms with Gasteiger partial charge in [-0.1, -0.05) is 56.3 Å². The van der Waals surface area contributed by atoms with E-state index >= 15 is 0 Å². The number of hydrogen-bond donors (Lipinski definition) is 3. The maximum absolute atomic E-state index is 13.3. The molecule has 1 aliphatic rings. The van der Waals surface area contributed by atoms with Crippen molar-refractivity contribution in [2.45, 2.75) is 24.2 Å². The van der Waals surface area contributed by atoms with Crippen LogP contribution < -0.4 is 19.4 Å². The molecule has 8 heteroatoms. The van der Waals surface area contributed by atoms with Crippen molar-refractivity contribution in [2.75, 3.05) is 39.8 Å². The van der Waals surface area contributed by atoms with Gasteiger partial charge in [0.25, 0.3) is 0 Å². The molecule has 1 heterocycles. The number of hydrogen-bond acceptors (Lipinski definition) is 5. The molecule has 0 atom stereocenters. The second kappa shape index (κ2) is 9.04. The normalized spacial score (nSPS) is 16.6. The minimum atomic E-state index is -3.81. The molecule has 0 bridgehead atoms. The Balaban J connectivity index is 1.62. The molecule has 0 saturated carbocycles. The number of piperazine rings is 1. The summed E-state index contributed by atoms with van der Waals surface area (Å²) in [4.78, 5) is 0.108. The number of benzene rings is 3. The third kappa shape index (κ3) is 4.76. The third-order valence-corrected chi connectivity index (χ3v) is 7.85. The van der Waals surface area contributed by atoms with Gasteiger partial charge < -0.3 is 10.1 Å². The van der Waals surface area contributed by atoms with Crippen molar-refractivity contribution in [2.24, 2.45) is 0 Å². The summed E-state index contributed by atoms with van der Waals surface area (Å²) in [5.74, 6) is 0.467. The standard InChI is InChI=1S/C25H32N3O4S/c1-25(2,22-10-6-8-19-7-4-5-9-21(19)22)18-27-33(30,31)20-11-12-24(32-3)23(17-20)28(29)15-13-26-14-16-28/h4-12,17,26-27,29H,13-16,18H2,1-3H3/q+1. The van der Waals surface area contributed by atoms with E-state index < -0.39 is 15.4 Å². The first-order valence-corrected chi connectivity index (χ1v) is 12.6. The Morgan fingerprint density at radius 2 is 1.76 bits per heavy atom.